The zero-order valence-electron chi connectivity index (χ0n) is 9.66. The maximum absolute atomic E-state index is 6.05. The van der Waals surface area contributed by atoms with Gasteiger partial charge in [-0.1, -0.05) is 32.3 Å². The van der Waals surface area contributed by atoms with Gasteiger partial charge in [0.25, 0.3) is 0 Å². The minimum absolute atomic E-state index is 0.0383. The lowest BCUT2D eigenvalue weighted by atomic mass is 9.85. The van der Waals surface area contributed by atoms with Gasteiger partial charge in [0.05, 0.1) is 6.04 Å². The number of nitrogens with two attached hydrogens (primary N) is 1. The third-order valence-electron chi connectivity index (χ3n) is 3.13. The van der Waals surface area contributed by atoms with Crippen molar-refractivity contribution in [2.75, 3.05) is 0 Å². The molecule has 0 aromatic carbocycles. The van der Waals surface area contributed by atoms with Crippen molar-refractivity contribution in [1.82, 2.24) is 10.1 Å². The molecule has 15 heavy (non-hydrogen) atoms. The first-order chi connectivity index (χ1) is 6.98. The highest BCUT2D eigenvalue weighted by Gasteiger charge is 2.30. The fourth-order valence-corrected chi connectivity index (χ4v) is 1.58. The number of nitrogens with zero attached hydrogens (tertiary/aromatic N) is 2. The molecule has 1 atom stereocenters. The molecule has 1 heterocycles. The second kappa shape index (κ2) is 3.59. The van der Waals surface area contributed by atoms with Gasteiger partial charge in [-0.3, -0.25) is 0 Å². The van der Waals surface area contributed by atoms with Crippen molar-refractivity contribution in [3.63, 3.8) is 0 Å². The quantitative estimate of drug-likeness (QED) is 0.812. The first-order valence-electron chi connectivity index (χ1n) is 5.57. The fraction of sp³-hybridized carbons (Fsp3) is 0.818. The van der Waals surface area contributed by atoms with Crippen molar-refractivity contribution < 1.29 is 4.52 Å². The van der Waals surface area contributed by atoms with Crippen molar-refractivity contribution >= 4 is 0 Å². The first kappa shape index (κ1) is 10.6. The molecule has 2 rings (SSSR count). The summed E-state index contributed by atoms with van der Waals surface area (Å²) in [5.74, 6) is 1.93. The topological polar surface area (TPSA) is 64.9 Å². The van der Waals surface area contributed by atoms with Crippen molar-refractivity contribution in [2.24, 2.45) is 11.1 Å². The predicted molar refractivity (Wildman–Crippen MR) is 57.3 cm³/mol. The smallest absolute Gasteiger partial charge is 0.244 e. The Kier molecular flexibility index (Phi) is 2.54. The Morgan fingerprint density at radius 2 is 2.07 bits per heavy atom. The number of aromatic nitrogens is 2. The second-order valence-electron chi connectivity index (χ2n) is 5.46. The van der Waals surface area contributed by atoms with Gasteiger partial charge in [-0.2, -0.15) is 4.98 Å². The maximum Gasteiger partial charge on any atom is 0.244 e. The Morgan fingerprint density at radius 1 is 1.40 bits per heavy atom. The molecule has 4 nitrogen and oxygen atoms in total. The lowest BCUT2D eigenvalue weighted by Gasteiger charge is -2.23. The summed E-state index contributed by atoms with van der Waals surface area (Å²) in [5.41, 5.74) is 6.01. The zero-order chi connectivity index (χ0) is 11.1. The van der Waals surface area contributed by atoms with Gasteiger partial charge >= 0.3 is 0 Å². The molecule has 1 saturated carbocycles. The molecule has 84 valence electrons. The Balaban J connectivity index is 2.12. The van der Waals surface area contributed by atoms with E-state index in [9.17, 15) is 0 Å². The van der Waals surface area contributed by atoms with Crippen molar-refractivity contribution in [3.8, 4) is 0 Å². The van der Waals surface area contributed by atoms with E-state index in [1.54, 1.807) is 0 Å². The average molecular weight is 209 g/mol. The molecule has 0 amide bonds. The van der Waals surface area contributed by atoms with E-state index in [1.165, 1.54) is 19.3 Å². The summed E-state index contributed by atoms with van der Waals surface area (Å²) in [6, 6.07) is -0.182. The Morgan fingerprint density at radius 3 is 2.53 bits per heavy atom. The molecule has 1 aliphatic rings. The minimum Gasteiger partial charge on any atom is -0.338 e. The van der Waals surface area contributed by atoms with Gasteiger partial charge in [0.2, 0.25) is 5.89 Å². The molecule has 0 saturated heterocycles. The summed E-state index contributed by atoms with van der Waals surface area (Å²) in [7, 11) is 0. The summed E-state index contributed by atoms with van der Waals surface area (Å²) < 4.78 is 5.22. The third kappa shape index (κ3) is 2.04. The van der Waals surface area contributed by atoms with E-state index in [2.05, 4.69) is 30.9 Å². The van der Waals surface area contributed by atoms with Gasteiger partial charge in [0, 0.05) is 5.92 Å². The van der Waals surface area contributed by atoms with Crippen LogP contribution >= 0.6 is 0 Å². The van der Waals surface area contributed by atoms with Gasteiger partial charge in [-0.25, -0.2) is 0 Å². The molecule has 0 aliphatic heterocycles. The standard InChI is InChI=1S/C11H19N3O/c1-11(2,3)8(12)10-13-9(14-15-10)7-5-4-6-7/h7-8H,4-6,12H2,1-3H3/t8-/m0/s1. The maximum atomic E-state index is 6.05. The predicted octanol–water partition coefficient (Wildman–Crippen LogP) is 2.38. The van der Waals surface area contributed by atoms with Crippen LogP contribution < -0.4 is 5.73 Å². The van der Waals surface area contributed by atoms with Crippen LogP contribution in [-0.2, 0) is 0 Å². The molecule has 0 bridgehead atoms. The summed E-state index contributed by atoms with van der Waals surface area (Å²) >= 11 is 0. The zero-order valence-corrected chi connectivity index (χ0v) is 9.66. The van der Waals surface area contributed by atoms with Crippen LogP contribution in [0.15, 0.2) is 4.52 Å². The van der Waals surface area contributed by atoms with E-state index in [0.29, 0.717) is 11.8 Å². The SMILES string of the molecule is CC(C)(C)[C@@H](N)c1nc(C2CCC2)no1. The molecule has 0 unspecified atom stereocenters. The van der Waals surface area contributed by atoms with Crippen LogP contribution in [0.2, 0.25) is 0 Å². The van der Waals surface area contributed by atoms with Crippen molar-refractivity contribution in [1.29, 1.82) is 0 Å². The van der Waals surface area contributed by atoms with Gasteiger partial charge in [-0.05, 0) is 18.3 Å². The van der Waals surface area contributed by atoms with Gasteiger partial charge in [0.1, 0.15) is 0 Å². The monoisotopic (exact) mass is 209 g/mol. The van der Waals surface area contributed by atoms with E-state index in [4.69, 9.17) is 10.3 Å². The van der Waals surface area contributed by atoms with Crippen molar-refractivity contribution in [2.45, 2.75) is 52.0 Å². The summed E-state index contributed by atoms with van der Waals surface area (Å²) in [4.78, 5) is 4.40. The fourth-order valence-electron chi connectivity index (χ4n) is 1.58. The van der Waals surface area contributed by atoms with E-state index in [0.717, 1.165) is 5.82 Å². The number of hydrogen-bond donors (Lipinski definition) is 1. The highest BCUT2D eigenvalue weighted by Crippen LogP contribution is 2.36. The average Bonchev–Trinajstić information content (AvgIpc) is 2.47. The molecule has 1 aliphatic carbocycles. The lowest BCUT2D eigenvalue weighted by Crippen LogP contribution is -2.26. The molecule has 1 aromatic heterocycles. The molecular formula is C11H19N3O. The van der Waals surface area contributed by atoms with Crippen LogP contribution in [0.5, 0.6) is 0 Å². The van der Waals surface area contributed by atoms with Crippen LogP contribution in [0.3, 0.4) is 0 Å². The molecule has 0 radical (unpaired) electrons. The van der Waals surface area contributed by atoms with Gasteiger partial charge in [-0.15, -0.1) is 0 Å². The van der Waals surface area contributed by atoms with Crippen LogP contribution in [0.4, 0.5) is 0 Å². The first-order valence-corrected chi connectivity index (χ1v) is 5.57. The summed E-state index contributed by atoms with van der Waals surface area (Å²) in [6.45, 7) is 6.22. The molecule has 4 heteroatoms. The largest absolute Gasteiger partial charge is 0.338 e. The Labute approximate surface area is 90.2 Å². The van der Waals surface area contributed by atoms with Gasteiger partial charge in [0.15, 0.2) is 5.82 Å². The van der Waals surface area contributed by atoms with Crippen LogP contribution in [0, 0.1) is 5.41 Å². The van der Waals surface area contributed by atoms with E-state index in [-0.39, 0.29) is 11.5 Å². The summed E-state index contributed by atoms with van der Waals surface area (Å²) in [6.07, 6.45) is 3.65. The highest BCUT2D eigenvalue weighted by molar-refractivity contribution is 5.03. The van der Waals surface area contributed by atoms with E-state index in [1.807, 2.05) is 0 Å². The second-order valence-corrected chi connectivity index (χ2v) is 5.46. The number of hydrogen-bond acceptors (Lipinski definition) is 4. The third-order valence-corrected chi connectivity index (χ3v) is 3.13. The lowest BCUT2D eigenvalue weighted by molar-refractivity contribution is 0.251. The highest BCUT2D eigenvalue weighted by atomic mass is 16.5. The molecule has 1 fully saturated rings. The summed E-state index contributed by atoms with van der Waals surface area (Å²) in [5, 5.41) is 4.01. The van der Waals surface area contributed by atoms with E-state index < -0.39 is 0 Å². The van der Waals surface area contributed by atoms with Crippen LogP contribution in [0.25, 0.3) is 0 Å². The van der Waals surface area contributed by atoms with Crippen LogP contribution in [0.1, 0.15) is 63.7 Å². The molecule has 2 N–H and O–H groups in total. The van der Waals surface area contributed by atoms with Crippen molar-refractivity contribution in [3.05, 3.63) is 11.7 Å². The van der Waals surface area contributed by atoms with Gasteiger partial charge < -0.3 is 10.3 Å². The molecular weight excluding hydrogens is 190 g/mol. The normalized spacial score (nSPS) is 20.0. The Hall–Kier alpha value is -0.900. The van der Waals surface area contributed by atoms with Crippen LogP contribution in [-0.4, -0.2) is 10.1 Å². The van der Waals surface area contributed by atoms with E-state index >= 15 is 0 Å². The number of rotatable bonds is 2. The molecule has 0 spiro atoms. The minimum atomic E-state index is -0.182. The molecule has 1 aromatic rings. The Bertz CT molecular complexity index is 336.